The third-order valence-corrected chi connectivity index (χ3v) is 1.81. The number of benzene rings is 1. The molecule has 0 N–H and O–H groups in total. The Hall–Kier alpha value is -0.973. The molecule has 0 saturated heterocycles. The first kappa shape index (κ1) is 10.1. The summed E-state index contributed by atoms with van der Waals surface area (Å²) in [6.45, 7) is 0. The first-order valence-electron chi connectivity index (χ1n) is 3.90. The molecule has 0 spiro atoms. The fourth-order valence-corrected chi connectivity index (χ4v) is 1.20. The predicted molar refractivity (Wildman–Crippen MR) is 55.8 cm³/mol. The number of hydrogen-bond acceptors (Lipinski definition) is 1. The summed E-state index contributed by atoms with van der Waals surface area (Å²) >= 11 is 0. The van der Waals surface area contributed by atoms with Crippen molar-refractivity contribution in [1.82, 2.24) is 9.78 Å². The topological polar surface area (TPSA) is 17.8 Å². The van der Waals surface area contributed by atoms with Crippen molar-refractivity contribution in [3.63, 3.8) is 0 Å². The van der Waals surface area contributed by atoms with Crippen molar-refractivity contribution in [2.45, 2.75) is 0 Å². The van der Waals surface area contributed by atoms with E-state index in [9.17, 15) is 0 Å². The van der Waals surface area contributed by atoms with Gasteiger partial charge in [0.15, 0.2) is 0 Å². The van der Waals surface area contributed by atoms with E-state index in [1.165, 1.54) is 5.56 Å². The molecule has 62 valence electrons. The van der Waals surface area contributed by atoms with Crippen LogP contribution in [-0.4, -0.2) is 28.6 Å². The van der Waals surface area contributed by atoms with Crippen molar-refractivity contribution < 1.29 is 0 Å². The second-order valence-electron chi connectivity index (χ2n) is 2.77. The summed E-state index contributed by atoms with van der Waals surface area (Å²) in [6, 6.07) is 10.2. The van der Waals surface area contributed by atoms with Gasteiger partial charge in [-0.3, -0.25) is 4.68 Å². The van der Waals surface area contributed by atoms with Crippen LogP contribution in [0.1, 0.15) is 0 Å². The molecule has 1 heterocycles. The molecule has 2 rings (SSSR count). The van der Waals surface area contributed by atoms with Crippen molar-refractivity contribution in [1.29, 1.82) is 0 Å². The van der Waals surface area contributed by atoms with Gasteiger partial charge in [-0.05, 0) is 5.56 Å². The number of rotatable bonds is 1. The minimum absolute atomic E-state index is 0. The van der Waals surface area contributed by atoms with Crippen LogP contribution >= 0.6 is 0 Å². The van der Waals surface area contributed by atoms with E-state index < -0.39 is 0 Å². The van der Waals surface area contributed by atoms with Gasteiger partial charge in [-0.25, -0.2) is 0 Å². The van der Waals surface area contributed by atoms with Gasteiger partial charge in [0.2, 0.25) is 0 Å². The summed E-state index contributed by atoms with van der Waals surface area (Å²) in [4.78, 5) is 0. The maximum atomic E-state index is 4.11. The summed E-state index contributed by atoms with van der Waals surface area (Å²) in [5.74, 6) is 0. The van der Waals surface area contributed by atoms with Gasteiger partial charge in [0, 0.05) is 18.8 Å². The average molecular weight is 166 g/mol. The van der Waals surface area contributed by atoms with E-state index in [1.807, 2.05) is 42.3 Å². The van der Waals surface area contributed by atoms with Crippen LogP contribution in [0.25, 0.3) is 11.1 Å². The fourth-order valence-electron chi connectivity index (χ4n) is 1.20. The fraction of sp³-hybridized carbons (Fsp3) is 0.100. The van der Waals surface area contributed by atoms with Gasteiger partial charge in [-0.15, -0.1) is 0 Å². The van der Waals surface area contributed by atoms with Crippen LogP contribution in [0.4, 0.5) is 0 Å². The van der Waals surface area contributed by atoms with E-state index in [0.29, 0.717) is 0 Å². The van der Waals surface area contributed by atoms with Gasteiger partial charge in [0.25, 0.3) is 0 Å². The Bertz CT molecular complexity index is 367. The molecule has 1 aromatic carbocycles. The Morgan fingerprint density at radius 1 is 1.08 bits per heavy atom. The number of nitrogens with zero attached hydrogens (tertiary/aromatic N) is 2. The van der Waals surface area contributed by atoms with Crippen molar-refractivity contribution in [3.8, 4) is 11.1 Å². The number of aromatic nitrogens is 2. The molecule has 13 heavy (non-hydrogen) atoms. The monoisotopic (exact) mass is 166 g/mol. The summed E-state index contributed by atoms with van der Waals surface area (Å²) in [7, 11) is 1.92. The molecule has 0 aliphatic carbocycles. The Labute approximate surface area is 89.8 Å². The quantitative estimate of drug-likeness (QED) is 0.586. The molecule has 1 aromatic heterocycles. The summed E-state index contributed by atoms with van der Waals surface area (Å²) in [5, 5.41) is 4.11. The van der Waals surface area contributed by atoms with Gasteiger partial charge in [0.1, 0.15) is 0 Å². The molecule has 0 radical (unpaired) electrons. The Kier molecular flexibility index (Phi) is 3.36. The Morgan fingerprint density at radius 2 is 1.77 bits per heavy atom. The third-order valence-electron chi connectivity index (χ3n) is 1.81. The zero-order valence-corrected chi connectivity index (χ0v) is 6.94. The van der Waals surface area contributed by atoms with Crippen molar-refractivity contribution in [2.75, 3.05) is 0 Å². The molecule has 2 aromatic rings. The van der Waals surface area contributed by atoms with Crippen molar-refractivity contribution in [3.05, 3.63) is 42.7 Å². The van der Waals surface area contributed by atoms with Crippen LogP contribution in [0, 0.1) is 0 Å². The van der Waals surface area contributed by atoms with Crippen LogP contribution < -0.4 is 0 Å². The molecule has 0 aliphatic heterocycles. The molecule has 3 heteroatoms. The molecule has 0 amide bonds. The summed E-state index contributed by atoms with van der Waals surface area (Å²) in [5.41, 5.74) is 2.38. The Balaban J connectivity index is 0.000000845. The summed E-state index contributed by atoms with van der Waals surface area (Å²) in [6.07, 6.45) is 3.88. The number of hydrogen-bond donors (Lipinski definition) is 0. The molecule has 2 nitrogen and oxygen atoms in total. The van der Waals surface area contributed by atoms with Gasteiger partial charge in [-0.1, -0.05) is 30.3 Å². The normalized spacial score (nSPS) is 9.31. The van der Waals surface area contributed by atoms with E-state index in [0.717, 1.165) is 5.56 Å². The van der Waals surface area contributed by atoms with Crippen LogP contribution in [0.5, 0.6) is 0 Å². The maximum absolute atomic E-state index is 4.11. The predicted octanol–water partition coefficient (Wildman–Crippen LogP) is 1.44. The molecular weight excluding hydrogens is 155 g/mol. The molecule has 0 atom stereocenters. The van der Waals surface area contributed by atoms with Crippen molar-refractivity contribution in [2.24, 2.45) is 7.05 Å². The molecule has 0 aliphatic rings. The van der Waals surface area contributed by atoms with E-state index in [-0.39, 0.29) is 18.9 Å². The zero-order chi connectivity index (χ0) is 8.39. The zero-order valence-electron chi connectivity index (χ0n) is 6.94. The minimum atomic E-state index is 0. The second-order valence-corrected chi connectivity index (χ2v) is 2.77. The van der Waals surface area contributed by atoms with Gasteiger partial charge < -0.3 is 0 Å². The van der Waals surface area contributed by atoms with Crippen LogP contribution in [-0.2, 0) is 7.05 Å². The van der Waals surface area contributed by atoms with Crippen LogP contribution in [0.3, 0.4) is 0 Å². The van der Waals surface area contributed by atoms with Crippen molar-refractivity contribution >= 4 is 18.9 Å². The van der Waals surface area contributed by atoms with E-state index >= 15 is 0 Å². The Morgan fingerprint density at radius 3 is 2.31 bits per heavy atom. The molecule has 0 bridgehead atoms. The number of aryl methyl sites for hydroxylation is 1. The van der Waals surface area contributed by atoms with Crippen LogP contribution in [0.2, 0.25) is 0 Å². The van der Waals surface area contributed by atoms with E-state index in [2.05, 4.69) is 17.2 Å². The SMILES string of the molecule is Cn1cc(-c2ccccc2)cn1.[LiH]. The first-order valence-corrected chi connectivity index (χ1v) is 3.90. The van der Waals surface area contributed by atoms with Gasteiger partial charge in [-0.2, -0.15) is 5.10 Å². The first-order chi connectivity index (χ1) is 5.86. The summed E-state index contributed by atoms with van der Waals surface area (Å²) < 4.78 is 1.81. The van der Waals surface area contributed by atoms with E-state index in [1.54, 1.807) is 0 Å². The molecular formula is C10H11LiN2. The third kappa shape index (κ3) is 2.24. The van der Waals surface area contributed by atoms with E-state index in [4.69, 9.17) is 0 Å². The molecule has 0 unspecified atom stereocenters. The second kappa shape index (κ2) is 4.32. The molecule has 0 saturated carbocycles. The average Bonchev–Trinajstić information content (AvgIpc) is 2.54. The molecule has 0 fully saturated rings. The standard InChI is InChI=1S/C10H10N2.Li.H/c1-12-8-10(7-11-12)9-5-3-2-4-6-9;;/h2-8H,1H3;;. The van der Waals surface area contributed by atoms with Crippen LogP contribution in [0.15, 0.2) is 42.7 Å². The van der Waals surface area contributed by atoms with Gasteiger partial charge in [0.05, 0.1) is 6.20 Å². The van der Waals surface area contributed by atoms with Gasteiger partial charge >= 0.3 is 18.9 Å².